The third-order valence-corrected chi connectivity index (χ3v) is 4.90. The van der Waals surface area contributed by atoms with Crippen molar-refractivity contribution in [3.05, 3.63) is 17.3 Å². The van der Waals surface area contributed by atoms with Crippen LogP contribution in [0.4, 0.5) is 5.82 Å². The average Bonchev–Trinajstić information content (AvgIpc) is 3.39. The van der Waals surface area contributed by atoms with Gasteiger partial charge in [0.2, 0.25) is 5.91 Å². The van der Waals surface area contributed by atoms with Crippen LogP contribution in [0.5, 0.6) is 0 Å². The lowest BCUT2D eigenvalue weighted by molar-refractivity contribution is -0.132. The van der Waals surface area contributed by atoms with Crippen molar-refractivity contribution in [1.82, 2.24) is 15.1 Å². The molecular weight excluding hydrogens is 264 g/mol. The molecule has 2 heterocycles. The summed E-state index contributed by atoms with van der Waals surface area (Å²) in [5, 5.41) is 8.82. The van der Waals surface area contributed by atoms with Crippen LogP contribution >= 0.6 is 0 Å². The number of aryl methyl sites for hydroxylation is 2. The number of piperazine rings is 1. The van der Waals surface area contributed by atoms with E-state index < -0.39 is 0 Å². The van der Waals surface area contributed by atoms with Crippen LogP contribution in [-0.2, 0) is 17.6 Å². The molecule has 1 aliphatic heterocycles. The van der Waals surface area contributed by atoms with Crippen molar-refractivity contribution in [3.63, 3.8) is 0 Å². The molecule has 0 N–H and O–H groups in total. The number of amides is 1. The van der Waals surface area contributed by atoms with Crippen LogP contribution in [0.15, 0.2) is 6.07 Å². The van der Waals surface area contributed by atoms with E-state index in [4.69, 9.17) is 0 Å². The molecule has 2 fully saturated rings. The summed E-state index contributed by atoms with van der Waals surface area (Å²) in [5.74, 6) is 1.69. The maximum Gasteiger partial charge on any atom is 0.225 e. The van der Waals surface area contributed by atoms with E-state index in [0.717, 1.165) is 57.7 Å². The highest BCUT2D eigenvalue weighted by atomic mass is 16.2. The first kappa shape index (κ1) is 13.0. The molecule has 2 aliphatic carbocycles. The van der Waals surface area contributed by atoms with E-state index in [9.17, 15) is 4.79 Å². The Labute approximate surface area is 125 Å². The van der Waals surface area contributed by atoms with Gasteiger partial charge in [-0.05, 0) is 50.2 Å². The van der Waals surface area contributed by atoms with Gasteiger partial charge in [-0.2, -0.15) is 5.10 Å². The molecule has 5 nitrogen and oxygen atoms in total. The van der Waals surface area contributed by atoms with E-state index in [0.29, 0.717) is 11.8 Å². The number of carbonyl (C=O) groups is 1. The number of hydrogen-bond donors (Lipinski definition) is 0. The minimum Gasteiger partial charge on any atom is -0.352 e. The lowest BCUT2D eigenvalue weighted by atomic mass is 9.97. The van der Waals surface area contributed by atoms with Crippen molar-refractivity contribution in [3.8, 4) is 0 Å². The van der Waals surface area contributed by atoms with Gasteiger partial charge in [0.1, 0.15) is 0 Å². The van der Waals surface area contributed by atoms with Crippen molar-refractivity contribution < 1.29 is 4.79 Å². The lowest BCUT2D eigenvalue weighted by Gasteiger charge is -2.35. The summed E-state index contributed by atoms with van der Waals surface area (Å²) in [7, 11) is 0. The topological polar surface area (TPSA) is 49.3 Å². The maximum absolute atomic E-state index is 12.1. The van der Waals surface area contributed by atoms with Crippen molar-refractivity contribution in [2.45, 2.75) is 38.5 Å². The third kappa shape index (κ3) is 2.61. The molecule has 3 aliphatic rings. The Morgan fingerprint density at radius 1 is 1.05 bits per heavy atom. The fraction of sp³-hybridized carbons (Fsp3) is 0.688. The van der Waals surface area contributed by atoms with Crippen LogP contribution in [-0.4, -0.2) is 47.2 Å². The Balaban J connectivity index is 1.42. The number of hydrogen-bond acceptors (Lipinski definition) is 4. The molecule has 21 heavy (non-hydrogen) atoms. The zero-order valence-electron chi connectivity index (χ0n) is 12.4. The molecule has 4 rings (SSSR count). The summed E-state index contributed by atoms with van der Waals surface area (Å²) >= 11 is 0. The van der Waals surface area contributed by atoms with Gasteiger partial charge >= 0.3 is 0 Å². The van der Waals surface area contributed by atoms with Crippen LogP contribution in [0.2, 0.25) is 0 Å². The van der Waals surface area contributed by atoms with Gasteiger partial charge in [-0.25, -0.2) is 0 Å². The molecule has 1 saturated carbocycles. The van der Waals surface area contributed by atoms with Crippen LogP contribution in [0.1, 0.15) is 36.9 Å². The fourth-order valence-corrected chi connectivity index (χ4v) is 3.38. The number of rotatable bonds is 2. The van der Waals surface area contributed by atoms with Crippen LogP contribution in [0.25, 0.3) is 0 Å². The van der Waals surface area contributed by atoms with Gasteiger partial charge in [0.05, 0.1) is 5.69 Å². The fourth-order valence-electron chi connectivity index (χ4n) is 3.38. The third-order valence-electron chi connectivity index (χ3n) is 4.90. The summed E-state index contributed by atoms with van der Waals surface area (Å²) in [6.45, 7) is 3.42. The Hall–Kier alpha value is -1.65. The molecule has 0 aromatic carbocycles. The number of fused-ring (bicyclic) bond motifs is 1. The molecule has 1 amide bonds. The highest BCUT2D eigenvalue weighted by Gasteiger charge is 2.34. The van der Waals surface area contributed by atoms with Gasteiger partial charge in [0.15, 0.2) is 5.82 Å². The van der Waals surface area contributed by atoms with Crippen LogP contribution < -0.4 is 4.90 Å². The standard InChI is InChI=1S/C16H22N4O/c21-16(12-5-6-12)20-9-7-19(8-10-20)15-11-13-3-1-2-4-14(13)17-18-15/h11-12H,1-10H2. The number of aromatic nitrogens is 2. The molecule has 0 bridgehead atoms. The molecule has 0 spiro atoms. The molecule has 5 heteroatoms. The van der Waals surface area contributed by atoms with Crippen LogP contribution in [0, 0.1) is 5.92 Å². The first-order valence-electron chi connectivity index (χ1n) is 8.20. The summed E-state index contributed by atoms with van der Waals surface area (Å²) in [6, 6.07) is 2.22. The van der Waals surface area contributed by atoms with E-state index in [2.05, 4.69) is 21.2 Å². The zero-order chi connectivity index (χ0) is 14.2. The Bertz CT molecular complexity index is 547. The average molecular weight is 286 g/mol. The minimum atomic E-state index is 0.333. The van der Waals surface area contributed by atoms with Gasteiger partial charge in [0, 0.05) is 32.1 Å². The summed E-state index contributed by atoms with van der Waals surface area (Å²) < 4.78 is 0. The molecule has 1 saturated heterocycles. The highest BCUT2D eigenvalue weighted by molar-refractivity contribution is 5.81. The highest BCUT2D eigenvalue weighted by Crippen LogP contribution is 2.31. The first-order valence-corrected chi connectivity index (χ1v) is 8.20. The molecule has 112 valence electrons. The van der Waals surface area contributed by atoms with Crippen molar-refractivity contribution in [2.75, 3.05) is 31.1 Å². The molecule has 0 radical (unpaired) electrons. The molecule has 1 aromatic rings. The minimum absolute atomic E-state index is 0.333. The molecule has 0 unspecified atom stereocenters. The second kappa shape index (κ2) is 5.28. The largest absolute Gasteiger partial charge is 0.352 e. The number of carbonyl (C=O) groups excluding carboxylic acids is 1. The second-order valence-corrected chi connectivity index (χ2v) is 6.47. The maximum atomic E-state index is 12.1. The predicted octanol–water partition coefficient (Wildman–Crippen LogP) is 1.41. The van der Waals surface area contributed by atoms with E-state index in [-0.39, 0.29) is 0 Å². The molecule has 0 atom stereocenters. The summed E-state index contributed by atoms with van der Waals surface area (Å²) in [5.41, 5.74) is 2.57. The van der Waals surface area contributed by atoms with E-state index in [1.54, 1.807) is 0 Å². The summed E-state index contributed by atoms with van der Waals surface area (Å²) in [6.07, 6.45) is 6.90. The zero-order valence-corrected chi connectivity index (χ0v) is 12.4. The Kier molecular flexibility index (Phi) is 3.28. The van der Waals surface area contributed by atoms with Crippen molar-refractivity contribution >= 4 is 11.7 Å². The number of anilines is 1. The Morgan fingerprint density at radius 3 is 2.57 bits per heavy atom. The Morgan fingerprint density at radius 2 is 1.81 bits per heavy atom. The van der Waals surface area contributed by atoms with E-state index >= 15 is 0 Å². The van der Waals surface area contributed by atoms with Gasteiger partial charge < -0.3 is 9.80 Å². The van der Waals surface area contributed by atoms with Crippen molar-refractivity contribution in [1.29, 1.82) is 0 Å². The smallest absolute Gasteiger partial charge is 0.225 e. The van der Waals surface area contributed by atoms with Crippen molar-refractivity contribution in [2.24, 2.45) is 5.92 Å². The van der Waals surface area contributed by atoms with Gasteiger partial charge in [-0.1, -0.05) is 0 Å². The number of nitrogens with zero attached hydrogens (tertiary/aromatic N) is 4. The predicted molar refractivity (Wildman–Crippen MR) is 80.2 cm³/mol. The van der Waals surface area contributed by atoms with E-state index in [1.165, 1.54) is 24.1 Å². The second-order valence-electron chi connectivity index (χ2n) is 6.47. The first-order chi connectivity index (χ1) is 10.3. The van der Waals surface area contributed by atoms with Gasteiger partial charge in [-0.3, -0.25) is 4.79 Å². The molecular formula is C16H22N4O. The SMILES string of the molecule is O=C(C1CC1)N1CCN(c2cc3c(nn2)CCCC3)CC1. The van der Waals surface area contributed by atoms with Gasteiger partial charge in [0.25, 0.3) is 0 Å². The van der Waals surface area contributed by atoms with E-state index in [1.807, 2.05) is 4.90 Å². The normalized spacial score (nSPS) is 22.1. The monoisotopic (exact) mass is 286 g/mol. The summed E-state index contributed by atoms with van der Waals surface area (Å²) in [4.78, 5) is 16.4. The lowest BCUT2D eigenvalue weighted by Crippen LogP contribution is -2.49. The quantitative estimate of drug-likeness (QED) is 0.825. The molecule has 1 aromatic heterocycles. The van der Waals surface area contributed by atoms with Crippen LogP contribution in [0.3, 0.4) is 0 Å². The van der Waals surface area contributed by atoms with Gasteiger partial charge in [-0.15, -0.1) is 5.10 Å².